The molecule has 1 aliphatic heterocycles. The van der Waals surface area contributed by atoms with Crippen LogP contribution in [0.1, 0.15) is 62.3 Å². The van der Waals surface area contributed by atoms with E-state index in [1.54, 1.807) is 0 Å². The van der Waals surface area contributed by atoms with Gasteiger partial charge in [-0.05, 0) is 18.5 Å². The Balaban J connectivity index is 3.28. The highest BCUT2D eigenvalue weighted by atomic mass is 31.1. The summed E-state index contributed by atoms with van der Waals surface area (Å²) in [6.45, 7) is 21.0. The van der Waals surface area contributed by atoms with Crippen LogP contribution in [0.4, 0.5) is 0 Å². The highest BCUT2D eigenvalue weighted by Crippen LogP contribution is 2.65. The zero-order valence-electron chi connectivity index (χ0n) is 13.9. The topological polar surface area (TPSA) is 15.6 Å². The molecule has 0 aromatic carbocycles. The molecule has 18 heavy (non-hydrogen) atoms. The fourth-order valence-corrected chi connectivity index (χ4v) is 6.40. The third kappa shape index (κ3) is 3.07. The molecule has 1 aliphatic rings. The summed E-state index contributed by atoms with van der Waals surface area (Å²) in [4.78, 5) is 0. The van der Waals surface area contributed by atoms with Gasteiger partial charge >= 0.3 is 0 Å². The Morgan fingerprint density at radius 3 is 1.67 bits per heavy atom. The van der Waals surface area contributed by atoms with E-state index in [1.165, 1.54) is 5.45 Å². The largest absolute Gasteiger partial charge is 0.292 e. The first-order valence-corrected chi connectivity index (χ1v) is 8.28. The van der Waals surface area contributed by atoms with E-state index in [2.05, 4.69) is 74.4 Å². The van der Waals surface area contributed by atoms with Crippen molar-refractivity contribution in [2.75, 3.05) is 7.05 Å². The molecule has 0 spiro atoms. The maximum atomic E-state index is 4.93. The minimum atomic E-state index is -0.253. The molecule has 1 heterocycles. The number of hydrogen-bond acceptors (Lipinski definition) is 2. The lowest BCUT2D eigenvalue weighted by molar-refractivity contribution is 0.205. The normalized spacial score (nSPS) is 26.6. The Kier molecular flexibility index (Phi) is 3.97. The summed E-state index contributed by atoms with van der Waals surface area (Å²) in [5, 5.41) is 7.48. The van der Waals surface area contributed by atoms with Crippen LogP contribution in [0.25, 0.3) is 0 Å². The predicted octanol–water partition coefficient (Wildman–Crippen LogP) is 4.94. The SMILES string of the molecule is CN1N=C(C(C)(C)C)P(C(C)(C)C)C1C(C)(C)C. The van der Waals surface area contributed by atoms with Crippen molar-refractivity contribution in [2.45, 2.75) is 73.3 Å². The molecule has 0 amide bonds. The first-order valence-electron chi connectivity index (χ1n) is 6.87. The molecule has 0 fully saturated rings. The lowest BCUT2D eigenvalue weighted by atomic mass is 9.96. The number of hydrogen-bond donors (Lipinski definition) is 0. The Morgan fingerprint density at radius 1 is 0.944 bits per heavy atom. The molecule has 2 unspecified atom stereocenters. The molecular formula is C15H31N2P. The Hall–Kier alpha value is -0.100. The van der Waals surface area contributed by atoms with Gasteiger partial charge in [-0.25, -0.2) is 0 Å². The van der Waals surface area contributed by atoms with Crippen LogP contribution in [0.2, 0.25) is 0 Å². The molecule has 1 rings (SSSR count). The van der Waals surface area contributed by atoms with Crippen molar-refractivity contribution in [3.8, 4) is 0 Å². The lowest BCUT2D eigenvalue weighted by Crippen LogP contribution is -2.39. The zero-order chi connectivity index (χ0) is 14.5. The van der Waals surface area contributed by atoms with Crippen molar-refractivity contribution >= 4 is 13.4 Å². The molecule has 2 atom stereocenters. The van der Waals surface area contributed by atoms with Crippen molar-refractivity contribution in [1.29, 1.82) is 0 Å². The van der Waals surface area contributed by atoms with Gasteiger partial charge in [0.25, 0.3) is 0 Å². The van der Waals surface area contributed by atoms with Crippen LogP contribution in [0.3, 0.4) is 0 Å². The van der Waals surface area contributed by atoms with E-state index in [4.69, 9.17) is 5.10 Å². The Morgan fingerprint density at radius 2 is 1.39 bits per heavy atom. The van der Waals surface area contributed by atoms with Crippen molar-refractivity contribution in [3.05, 3.63) is 0 Å². The van der Waals surface area contributed by atoms with E-state index in [9.17, 15) is 0 Å². The number of nitrogens with zero attached hydrogens (tertiary/aromatic N) is 2. The van der Waals surface area contributed by atoms with Crippen molar-refractivity contribution in [1.82, 2.24) is 5.01 Å². The van der Waals surface area contributed by atoms with Gasteiger partial charge in [0.1, 0.15) is 0 Å². The third-order valence-corrected chi connectivity index (χ3v) is 7.51. The lowest BCUT2D eigenvalue weighted by Gasteiger charge is -2.43. The van der Waals surface area contributed by atoms with E-state index in [-0.39, 0.29) is 18.8 Å². The smallest absolute Gasteiger partial charge is 0.0767 e. The molecule has 2 nitrogen and oxygen atoms in total. The van der Waals surface area contributed by atoms with Gasteiger partial charge in [0.05, 0.1) is 11.2 Å². The van der Waals surface area contributed by atoms with Gasteiger partial charge in [-0.1, -0.05) is 62.3 Å². The first-order chi connectivity index (χ1) is 7.76. The summed E-state index contributed by atoms with van der Waals surface area (Å²) < 4.78 is 0. The second-order valence-electron chi connectivity index (χ2n) is 8.53. The summed E-state index contributed by atoms with van der Waals surface area (Å²) in [7, 11) is 1.90. The molecule has 0 saturated carbocycles. The molecule has 0 radical (unpaired) electrons. The van der Waals surface area contributed by atoms with Gasteiger partial charge in [0.15, 0.2) is 0 Å². The van der Waals surface area contributed by atoms with E-state index in [0.29, 0.717) is 10.9 Å². The van der Waals surface area contributed by atoms with E-state index in [0.717, 1.165) is 0 Å². The fraction of sp³-hybridized carbons (Fsp3) is 0.933. The average Bonchev–Trinajstić information content (AvgIpc) is 2.39. The van der Waals surface area contributed by atoms with Crippen LogP contribution >= 0.6 is 7.92 Å². The van der Waals surface area contributed by atoms with Crippen LogP contribution in [0.15, 0.2) is 5.10 Å². The third-order valence-electron chi connectivity index (χ3n) is 3.25. The van der Waals surface area contributed by atoms with Crippen LogP contribution in [-0.2, 0) is 0 Å². The molecule has 0 aromatic rings. The average molecular weight is 270 g/mol. The van der Waals surface area contributed by atoms with E-state index >= 15 is 0 Å². The maximum Gasteiger partial charge on any atom is 0.0767 e. The van der Waals surface area contributed by atoms with Crippen molar-refractivity contribution in [2.24, 2.45) is 15.9 Å². The van der Waals surface area contributed by atoms with Crippen LogP contribution in [0.5, 0.6) is 0 Å². The standard InChI is InChI=1S/C15H31N2P/c1-13(2,3)11-16-17(10)12(14(4,5)6)18(11)15(7,8)9/h12H,1-10H3. The second-order valence-corrected chi connectivity index (χ2v) is 11.5. The number of rotatable bonds is 0. The first kappa shape index (κ1) is 16.0. The highest BCUT2D eigenvalue weighted by molar-refractivity contribution is 7.77. The number of hydrazone groups is 1. The highest BCUT2D eigenvalue weighted by Gasteiger charge is 2.50. The summed E-state index contributed by atoms with van der Waals surface area (Å²) in [6.07, 6.45) is 0. The zero-order valence-corrected chi connectivity index (χ0v) is 14.8. The monoisotopic (exact) mass is 270 g/mol. The summed E-state index contributed by atoms with van der Waals surface area (Å²) in [5.74, 6) is 0.543. The minimum absolute atomic E-state index is 0.174. The minimum Gasteiger partial charge on any atom is -0.292 e. The van der Waals surface area contributed by atoms with Crippen LogP contribution < -0.4 is 0 Å². The molecule has 0 aromatic heterocycles. The maximum absolute atomic E-state index is 4.93. The van der Waals surface area contributed by atoms with Crippen molar-refractivity contribution < 1.29 is 0 Å². The van der Waals surface area contributed by atoms with Gasteiger partial charge in [-0.15, -0.1) is 0 Å². The van der Waals surface area contributed by atoms with Gasteiger partial charge < -0.3 is 0 Å². The quantitative estimate of drug-likeness (QED) is 0.569. The van der Waals surface area contributed by atoms with Gasteiger partial charge in [-0.3, -0.25) is 5.01 Å². The van der Waals surface area contributed by atoms with Gasteiger partial charge in [0.2, 0.25) is 0 Å². The second kappa shape index (κ2) is 4.47. The fourth-order valence-electron chi connectivity index (χ4n) is 2.68. The van der Waals surface area contributed by atoms with Crippen molar-refractivity contribution in [3.63, 3.8) is 0 Å². The predicted molar refractivity (Wildman–Crippen MR) is 84.6 cm³/mol. The molecule has 0 saturated heterocycles. The molecule has 0 N–H and O–H groups in total. The Labute approximate surface area is 115 Å². The van der Waals surface area contributed by atoms with Crippen LogP contribution in [0, 0.1) is 10.8 Å². The van der Waals surface area contributed by atoms with Crippen LogP contribution in [-0.4, -0.2) is 28.4 Å². The summed E-state index contributed by atoms with van der Waals surface area (Å²) >= 11 is 0. The molecule has 0 bridgehead atoms. The van der Waals surface area contributed by atoms with E-state index < -0.39 is 0 Å². The Bertz CT molecular complexity index is 339. The van der Waals surface area contributed by atoms with Gasteiger partial charge in [0, 0.05) is 12.5 Å². The van der Waals surface area contributed by atoms with E-state index in [1.807, 2.05) is 0 Å². The summed E-state index contributed by atoms with van der Waals surface area (Å²) in [5.41, 5.74) is 1.87. The molecule has 106 valence electrons. The molecular weight excluding hydrogens is 239 g/mol. The molecule has 3 heteroatoms. The summed E-state index contributed by atoms with van der Waals surface area (Å²) in [6, 6.07) is 0. The van der Waals surface area contributed by atoms with Gasteiger partial charge in [-0.2, -0.15) is 5.10 Å². The molecule has 0 aliphatic carbocycles.